The van der Waals surface area contributed by atoms with E-state index in [4.69, 9.17) is 4.74 Å². The lowest BCUT2D eigenvalue weighted by Crippen LogP contribution is -2.35. The molecule has 2 aromatic rings. The van der Waals surface area contributed by atoms with E-state index in [1.54, 1.807) is 0 Å². The van der Waals surface area contributed by atoms with Crippen molar-refractivity contribution in [3.63, 3.8) is 0 Å². The second-order valence-electron chi connectivity index (χ2n) is 8.51. The van der Waals surface area contributed by atoms with Crippen LogP contribution in [0.25, 0.3) is 0 Å². The van der Waals surface area contributed by atoms with Crippen LogP contribution in [0.1, 0.15) is 60.1 Å². The summed E-state index contributed by atoms with van der Waals surface area (Å²) < 4.78 is 33.9. The molecule has 0 radical (unpaired) electrons. The second-order valence-corrected chi connectivity index (χ2v) is 11.3. The van der Waals surface area contributed by atoms with Crippen LogP contribution in [0.15, 0.2) is 15.7 Å². The standard InChI is InChI=1S/C21H24N2O4S2/c1-21(2)17-11-28-19(16(17)10-27-21)29(25,26)23-20(24)22-18-14-7-3-5-12(14)9-13-6-4-8-15(13)18/h9,11H,3-8,10H2,1-2H3,(H2,22,23,24). The van der Waals surface area contributed by atoms with Gasteiger partial charge >= 0.3 is 6.03 Å². The summed E-state index contributed by atoms with van der Waals surface area (Å²) in [7, 11) is -3.96. The van der Waals surface area contributed by atoms with Gasteiger partial charge in [0.1, 0.15) is 4.21 Å². The fraction of sp³-hybridized carbons (Fsp3) is 0.476. The number of sulfonamides is 1. The van der Waals surface area contributed by atoms with Gasteiger partial charge in [-0.2, -0.15) is 0 Å². The molecule has 1 aromatic carbocycles. The van der Waals surface area contributed by atoms with Gasteiger partial charge in [-0.1, -0.05) is 6.07 Å². The minimum Gasteiger partial charge on any atom is -0.366 e. The number of aryl methyl sites for hydroxylation is 2. The molecular weight excluding hydrogens is 408 g/mol. The molecule has 5 rings (SSSR count). The molecule has 6 nitrogen and oxygen atoms in total. The highest BCUT2D eigenvalue weighted by Crippen LogP contribution is 2.42. The molecule has 0 bridgehead atoms. The Bertz CT molecular complexity index is 1100. The average Bonchev–Trinajstić information content (AvgIpc) is 3.39. The summed E-state index contributed by atoms with van der Waals surface area (Å²) in [6.45, 7) is 4.07. The van der Waals surface area contributed by atoms with E-state index in [2.05, 4.69) is 16.1 Å². The number of hydrogen-bond acceptors (Lipinski definition) is 5. The van der Waals surface area contributed by atoms with Gasteiger partial charge in [-0.05, 0) is 80.0 Å². The predicted octanol–water partition coefficient (Wildman–Crippen LogP) is 4.00. The van der Waals surface area contributed by atoms with Crippen LogP contribution in [-0.2, 0) is 52.7 Å². The molecule has 0 spiro atoms. The van der Waals surface area contributed by atoms with Gasteiger partial charge in [0.05, 0.1) is 12.2 Å². The van der Waals surface area contributed by atoms with Crippen LogP contribution in [0.3, 0.4) is 0 Å². The van der Waals surface area contributed by atoms with Gasteiger partial charge in [-0.15, -0.1) is 11.3 Å². The van der Waals surface area contributed by atoms with Crippen LogP contribution in [0, 0.1) is 0 Å². The van der Waals surface area contributed by atoms with Crippen molar-refractivity contribution in [3.05, 3.63) is 44.8 Å². The molecule has 0 unspecified atom stereocenters. The highest BCUT2D eigenvalue weighted by Gasteiger charge is 2.37. The van der Waals surface area contributed by atoms with Gasteiger partial charge in [0.15, 0.2) is 0 Å². The van der Waals surface area contributed by atoms with E-state index >= 15 is 0 Å². The molecule has 2 heterocycles. The largest absolute Gasteiger partial charge is 0.366 e. The first-order valence-electron chi connectivity index (χ1n) is 10.0. The zero-order chi connectivity index (χ0) is 20.4. The maximum absolute atomic E-state index is 12.9. The van der Waals surface area contributed by atoms with E-state index < -0.39 is 21.7 Å². The average molecular weight is 433 g/mol. The number of carbonyl (C=O) groups is 1. The van der Waals surface area contributed by atoms with Crippen molar-refractivity contribution < 1.29 is 17.9 Å². The molecule has 29 heavy (non-hydrogen) atoms. The number of nitrogens with one attached hydrogen (secondary N) is 2. The quantitative estimate of drug-likeness (QED) is 0.768. The number of ether oxygens (including phenoxy) is 1. The number of rotatable bonds is 3. The van der Waals surface area contributed by atoms with Crippen molar-refractivity contribution in [2.75, 3.05) is 5.32 Å². The zero-order valence-electron chi connectivity index (χ0n) is 16.6. The first-order valence-corrected chi connectivity index (χ1v) is 12.4. The molecule has 2 amide bonds. The van der Waals surface area contributed by atoms with Crippen LogP contribution >= 0.6 is 11.3 Å². The number of urea groups is 1. The van der Waals surface area contributed by atoms with Crippen molar-refractivity contribution in [2.24, 2.45) is 0 Å². The fourth-order valence-corrected chi connectivity index (χ4v) is 7.46. The van der Waals surface area contributed by atoms with Crippen LogP contribution in [0.5, 0.6) is 0 Å². The van der Waals surface area contributed by atoms with Crippen molar-refractivity contribution in [1.29, 1.82) is 0 Å². The Hall–Kier alpha value is -1.90. The smallest absolute Gasteiger partial charge is 0.333 e. The van der Waals surface area contributed by atoms with Gasteiger partial charge in [-0.3, -0.25) is 0 Å². The Morgan fingerprint density at radius 3 is 2.38 bits per heavy atom. The second kappa shape index (κ2) is 6.55. The van der Waals surface area contributed by atoms with E-state index in [0.717, 1.165) is 61.1 Å². The normalized spacial score (nSPS) is 19.0. The maximum Gasteiger partial charge on any atom is 0.333 e. The molecule has 1 aliphatic heterocycles. The third-order valence-corrected chi connectivity index (χ3v) is 9.21. The van der Waals surface area contributed by atoms with Gasteiger partial charge in [0.25, 0.3) is 10.0 Å². The highest BCUT2D eigenvalue weighted by molar-refractivity contribution is 7.92. The zero-order valence-corrected chi connectivity index (χ0v) is 18.2. The van der Waals surface area contributed by atoms with Crippen LogP contribution in [0.2, 0.25) is 0 Å². The molecule has 2 aliphatic carbocycles. The number of thiophene rings is 1. The monoisotopic (exact) mass is 432 g/mol. The third-order valence-electron chi connectivity index (χ3n) is 6.26. The minimum absolute atomic E-state index is 0.164. The summed E-state index contributed by atoms with van der Waals surface area (Å²) in [6.07, 6.45) is 6.04. The molecule has 1 aromatic heterocycles. The number of fused-ring (bicyclic) bond motifs is 3. The molecule has 154 valence electrons. The van der Waals surface area contributed by atoms with E-state index in [9.17, 15) is 13.2 Å². The first-order chi connectivity index (χ1) is 13.8. The van der Waals surface area contributed by atoms with E-state index in [-0.39, 0.29) is 10.8 Å². The number of amides is 2. The van der Waals surface area contributed by atoms with Gasteiger partial charge < -0.3 is 10.1 Å². The van der Waals surface area contributed by atoms with Gasteiger partial charge in [-0.25, -0.2) is 17.9 Å². The topological polar surface area (TPSA) is 84.5 Å². The predicted molar refractivity (Wildman–Crippen MR) is 112 cm³/mol. The van der Waals surface area contributed by atoms with E-state index in [1.165, 1.54) is 22.3 Å². The molecule has 0 fully saturated rings. The van der Waals surface area contributed by atoms with Crippen LogP contribution < -0.4 is 10.0 Å². The Balaban J connectivity index is 1.42. The molecular formula is C21H24N2O4S2. The van der Waals surface area contributed by atoms with Crippen molar-refractivity contribution in [3.8, 4) is 0 Å². The van der Waals surface area contributed by atoms with Crippen LogP contribution in [-0.4, -0.2) is 14.4 Å². The van der Waals surface area contributed by atoms with Crippen molar-refractivity contribution >= 4 is 33.1 Å². The minimum atomic E-state index is -3.96. The number of carbonyl (C=O) groups excluding carboxylic acids is 1. The summed E-state index contributed by atoms with van der Waals surface area (Å²) in [6, 6.07) is 1.58. The highest BCUT2D eigenvalue weighted by atomic mass is 32.2. The summed E-state index contributed by atoms with van der Waals surface area (Å²) in [5.41, 5.74) is 6.78. The Morgan fingerprint density at radius 1 is 1.07 bits per heavy atom. The van der Waals surface area contributed by atoms with E-state index in [1.807, 2.05) is 19.2 Å². The van der Waals surface area contributed by atoms with Gasteiger partial charge in [0.2, 0.25) is 0 Å². The Labute approximate surface area is 174 Å². The number of hydrogen-bond donors (Lipinski definition) is 2. The lowest BCUT2D eigenvalue weighted by Gasteiger charge is -2.16. The summed E-state index contributed by atoms with van der Waals surface area (Å²) in [5.74, 6) is 0. The maximum atomic E-state index is 12.9. The van der Waals surface area contributed by atoms with Crippen molar-refractivity contribution in [1.82, 2.24) is 4.72 Å². The lowest BCUT2D eigenvalue weighted by atomic mass is 9.99. The molecule has 2 N–H and O–H groups in total. The third kappa shape index (κ3) is 3.08. The Kier molecular flexibility index (Phi) is 4.31. The first kappa shape index (κ1) is 19.1. The number of anilines is 1. The lowest BCUT2D eigenvalue weighted by molar-refractivity contribution is -0.00828. The van der Waals surface area contributed by atoms with E-state index in [0.29, 0.717) is 5.56 Å². The van der Waals surface area contributed by atoms with Gasteiger partial charge in [0, 0.05) is 16.8 Å². The summed E-state index contributed by atoms with van der Waals surface area (Å²) >= 11 is 1.14. The summed E-state index contributed by atoms with van der Waals surface area (Å²) in [5, 5.41) is 4.70. The summed E-state index contributed by atoms with van der Waals surface area (Å²) in [4.78, 5) is 12.7. The fourth-order valence-electron chi connectivity index (χ4n) is 4.84. The molecule has 0 saturated heterocycles. The molecule has 0 saturated carbocycles. The Morgan fingerprint density at radius 2 is 1.72 bits per heavy atom. The molecule has 0 atom stereocenters. The molecule has 8 heteroatoms. The van der Waals surface area contributed by atoms with Crippen LogP contribution in [0.4, 0.5) is 10.5 Å². The SMILES string of the molecule is CC1(C)OCc2c1csc2S(=O)(=O)NC(=O)Nc1c2c(cc3c1CCC3)CCC2. The van der Waals surface area contributed by atoms with Crippen molar-refractivity contribution in [2.45, 2.75) is 68.8 Å². The number of benzene rings is 1. The molecule has 3 aliphatic rings.